The summed E-state index contributed by atoms with van der Waals surface area (Å²) in [5, 5.41) is 3.10. The molecule has 0 aromatic heterocycles. The van der Waals surface area contributed by atoms with E-state index < -0.39 is 0 Å². The second-order valence-corrected chi connectivity index (χ2v) is 5.91. The normalized spacial score (nSPS) is 18.9. The van der Waals surface area contributed by atoms with Crippen LogP contribution in [0.3, 0.4) is 0 Å². The first kappa shape index (κ1) is 18.0. The van der Waals surface area contributed by atoms with Crippen molar-refractivity contribution in [1.82, 2.24) is 4.90 Å². The van der Waals surface area contributed by atoms with Crippen molar-refractivity contribution in [2.75, 3.05) is 18.4 Å². The van der Waals surface area contributed by atoms with Crippen molar-refractivity contribution in [3.63, 3.8) is 0 Å². The van der Waals surface area contributed by atoms with Gasteiger partial charge in [-0.25, -0.2) is 0 Å². The zero-order valence-corrected chi connectivity index (χ0v) is 14.1. The summed E-state index contributed by atoms with van der Waals surface area (Å²) < 4.78 is 0. The fourth-order valence-electron chi connectivity index (χ4n) is 3.12. The number of nitrogens with zero attached hydrogens (tertiary/aromatic N) is 1. The van der Waals surface area contributed by atoms with Crippen LogP contribution in [0.4, 0.5) is 5.69 Å². The van der Waals surface area contributed by atoms with E-state index in [1.54, 1.807) is 0 Å². The first-order valence-corrected chi connectivity index (χ1v) is 7.73. The maximum atomic E-state index is 12.5. The lowest BCUT2D eigenvalue weighted by atomic mass is 10.0. The molecule has 1 fully saturated rings. The Balaban J connectivity index is 0.00000220. The van der Waals surface area contributed by atoms with Gasteiger partial charge in [-0.1, -0.05) is 19.4 Å². The summed E-state index contributed by atoms with van der Waals surface area (Å²) in [5.74, 6) is 0.156. The maximum Gasteiger partial charge on any atom is 0.241 e. The highest BCUT2D eigenvalue weighted by Crippen LogP contribution is 2.20. The van der Waals surface area contributed by atoms with Gasteiger partial charge in [0.05, 0.1) is 6.04 Å². The lowest BCUT2D eigenvalue weighted by Gasteiger charge is -2.34. The van der Waals surface area contributed by atoms with Crippen molar-refractivity contribution >= 4 is 24.0 Å². The van der Waals surface area contributed by atoms with Gasteiger partial charge in [-0.2, -0.15) is 0 Å². The standard InChI is InChI=1S/C17H26N2O.ClH/c1-4-8-19-9-6-5-7-16(19)17(20)18-15-11-13(2)10-14(3)12-15;/h10-12,16H,4-9H2,1-3H3,(H,18,20);1H/t16-;/m0./s1. The molecule has 2 rings (SSSR count). The minimum absolute atomic E-state index is 0. The van der Waals surface area contributed by atoms with Crippen molar-refractivity contribution in [1.29, 1.82) is 0 Å². The molecule has 1 amide bonds. The highest BCUT2D eigenvalue weighted by atomic mass is 35.5. The fourth-order valence-corrected chi connectivity index (χ4v) is 3.12. The van der Waals surface area contributed by atoms with Crippen LogP contribution in [0.5, 0.6) is 0 Å². The van der Waals surface area contributed by atoms with Gasteiger partial charge in [0.15, 0.2) is 0 Å². The molecule has 1 saturated heterocycles. The quantitative estimate of drug-likeness (QED) is 0.914. The van der Waals surface area contributed by atoms with E-state index in [0.29, 0.717) is 0 Å². The monoisotopic (exact) mass is 310 g/mol. The molecule has 1 N–H and O–H groups in total. The Labute approximate surface area is 134 Å². The third-order valence-electron chi connectivity index (χ3n) is 3.92. The van der Waals surface area contributed by atoms with Crippen LogP contribution in [0.1, 0.15) is 43.7 Å². The second kappa shape index (κ2) is 8.40. The van der Waals surface area contributed by atoms with Crippen LogP contribution in [-0.4, -0.2) is 29.9 Å². The van der Waals surface area contributed by atoms with Crippen LogP contribution in [0, 0.1) is 13.8 Å². The summed E-state index contributed by atoms with van der Waals surface area (Å²) in [6, 6.07) is 6.25. The Morgan fingerprint density at radius 2 is 1.90 bits per heavy atom. The topological polar surface area (TPSA) is 32.3 Å². The molecule has 0 saturated carbocycles. The number of anilines is 1. The molecule has 1 aromatic carbocycles. The molecule has 0 radical (unpaired) electrons. The van der Waals surface area contributed by atoms with Gasteiger partial charge in [0.25, 0.3) is 0 Å². The third-order valence-corrected chi connectivity index (χ3v) is 3.92. The molecular weight excluding hydrogens is 284 g/mol. The molecule has 21 heavy (non-hydrogen) atoms. The predicted molar refractivity (Wildman–Crippen MR) is 91.3 cm³/mol. The number of hydrogen-bond acceptors (Lipinski definition) is 2. The summed E-state index contributed by atoms with van der Waals surface area (Å²) in [5.41, 5.74) is 3.30. The van der Waals surface area contributed by atoms with Crippen molar-refractivity contribution in [3.8, 4) is 0 Å². The lowest BCUT2D eigenvalue weighted by Crippen LogP contribution is -2.47. The fraction of sp³-hybridized carbons (Fsp3) is 0.588. The summed E-state index contributed by atoms with van der Waals surface area (Å²) >= 11 is 0. The number of nitrogens with one attached hydrogen (secondary N) is 1. The smallest absolute Gasteiger partial charge is 0.241 e. The summed E-state index contributed by atoms with van der Waals surface area (Å²) in [4.78, 5) is 14.9. The number of piperidine rings is 1. The zero-order valence-electron chi connectivity index (χ0n) is 13.3. The molecule has 3 nitrogen and oxygen atoms in total. The van der Waals surface area contributed by atoms with Gasteiger partial charge in [0.1, 0.15) is 0 Å². The van der Waals surface area contributed by atoms with Crippen LogP contribution in [0.15, 0.2) is 18.2 Å². The number of aryl methyl sites for hydroxylation is 2. The molecule has 1 aliphatic heterocycles. The lowest BCUT2D eigenvalue weighted by molar-refractivity contribution is -0.122. The number of benzene rings is 1. The first-order valence-electron chi connectivity index (χ1n) is 7.73. The van der Waals surface area contributed by atoms with Gasteiger partial charge in [0.2, 0.25) is 5.91 Å². The molecule has 1 atom stereocenters. The maximum absolute atomic E-state index is 12.5. The molecule has 0 bridgehead atoms. The van der Waals surface area contributed by atoms with E-state index in [9.17, 15) is 4.79 Å². The molecular formula is C17H27ClN2O. The largest absolute Gasteiger partial charge is 0.325 e. The van der Waals surface area contributed by atoms with Gasteiger partial charge in [0, 0.05) is 5.69 Å². The molecule has 1 aromatic rings. The van der Waals surface area contributed by atoms with Crippen molar-refractivity contribution in [2.45, 2.75) is 52.5 Å². The summed E-state index contributed by atoms with van der Waals surface area (Å²) in [6.07, 6.45) is 4.46. The molecule has 1 heterocycles. The highest BCUT2D eigenvalue weighted by molar-refractivity contribution is 5.95. The number of hydrogen-bond donors (Lipinski definition) is 1. The average Bonchev–Trinajstić information content (AvgIpc) is 2.38. The summed E-state index contributed by atoms with van der Waals surface area (Å²) in [6.45, 7) is 8.37. The second-order valence-electron chi connectivity index (χ2n) is 5.91. The van der Waals surface area contributed by atoms with Crippen molar-refractivity contribution in [2.24, 2.45) is 0 Å². The highest BCUT2D eigenvalue weighted by Gasteiger charge is 2.27. The number of rotatable bonds is 4. The Morgan fingerprint density at radius 1 is 1.24 bits per heavy atom. The molecule has 0 unspecified atom stereocenters. The molecule has 118 valence electrons. The average molecular weight is 311 g/mol. The van der Waals surface area contributed by atoms with Crippen LogP contribution in [0.2, 0.25) is 0 Å². The van der Waals surface area contributed by atoms with Gasteiger partial charge in [-0.15, -0.1) is 12.4 Å². The van der Waals surface area contributed by atoms with E-state index in [0.717, 1.165) is 38.0 Å². The molecule has 0 aliphatic carbocycles. The van der Waals surface area contributed by atoms with Gasteiger partial charge < -0.3 is 5.32 Å². The SMILES string of the molecule is CCCN1CCCC[C@H]1C(=O)Nc1cc(C)cc(C)c1.Cl. The van der Waals surface area contributed by atoms with E-state index in [-0.39, 0.29) is 24.4 Å². The first-order chi connectivity index (χ1) is 9.60. The Morgan fingerprint density at radius 3 is 2.52 bits per heavy atom. The number of likely N-dealkylation sites (tertiary alicyclic amines) is 1. The van der Waals surface area contributed by atoms with Crippen molar-refractivity contribution < 1.29 is 4.79 Å². The number of carbonyl (C=O) groups is 1. The predicted octanol–water partition coefficient (Wildman–Crippen LogP) is 3.93. The van der Waals surface area contributed by atoms with Crippen molar-refractivity contribution in [3.05, 3.63) is 29.3 Å². The molecule has 4 heteroatoms. The molecule has 0 spiro atoms. The Hall–Kier alpha value is -1.06. The van der Waals surface area contributed by atoms with E-state index in [1.807, 2.05) is 12.1 Å². The van der Waals surface area contributed by atoms with E-state index in [1.165, 1.54) is 17.5 Å². The van der Waals surface area contributed by atoms with Gasteiger partial charge in [-0.3, -0.25) is 9.69 Å². The summed E-state index contributed by atoms with van der Waals surface area (Å²) in [7, 11) is 0. The van der Waals surface area contributed by atoms with E-state index in [4.69, 9.17) is 0 Å². The van der Waals surface area contributed by atoms with Crippen LogP contribution >= 0.6 is 12.4 Å². The molecule has 1 aliphatic rings. The van der Waals surface area contributed by atoms with Gasteiger partial charge >= 0.3 is 0 Å². The number of carbonyl (C=O) groups excluding carboxylic acids is 1. The number of halogens is 1. The minimum atomic E-state index is 0. The zero-order chi connectivity index (χ0) is 14.5. The van der Waals surface area contributed by atoms with Gasteiger partial charge in [-0.05, 0) is 69.5 Å². The van der Waals surface area contributed by atoms with E-state index >= 15 is 0 Å². The van der Waals surface area contributed by atoms with E-state index in [2.05, 4.69) is 37.1 Å². The minimum Gasteiger partial charge on any atom is -0.325 e. The van der Waals surface area contributed by atoms with Crippen LogP contribution < -0.4 is 5.32 Å². The van der Waals surface area contributed by atoms with Crippen LogP contribution in [-0.2, 0) is 4.79 Å². The Kier molecular flexibility index (Phi) is 7.20. The third kappa shape index (κ3) is 5.01. The number of amides is 1. The van der Waals surface area contributed by atoms with Crippen LogP contribution in [0.25, 0.3) is 0 Å². The Bertz CT molecular complexity index is 454.